The van der Waals surface area contributed by atoms with E-state index in [2.05, 4.69) is 50.1 Å². The van der Waals surface area contributed by atoms with Crippen molar-refractivity contribution in [2.24, 2.45) is 10.2 Å². The lowest BCUT2D eigenvalue weighted by atomic mass is 10.2. The number of nitrogens with zero attached hydrogens (tertiary/aromatic N) is 3. The first kappa shape index (κ1) is 23.8. The molecule has 166 valence electrons. The SMILES string of the molecule is C=C(NCC)N/N=C(C)/C(=N/NC(=S)NCC)c1ccc(C(C)N2CCOCC2)o1. The fourth-order valence-electron chi connectivity index (χ4n) is 2.93. The van der Waals surface area contributed by atoms with Gasteiger partial charge in [0, 0.05) is 26.2 Å². The highest BCUT2D eigenvalue weighted by molar-refractivity contribution is 7.80. The molecule has 1 saturated heterocycles. The number of thiocarbonyl (C=S) groups is 1. The van der Waals surface area contributed by atoms with Crippen LogP contribution in [-0.2, 0) is 4.74 Å². The van der Waals surface area contributed by atoms with Crippen molar-refractivity contribution in [3.63, 3.8) is 0 Å². The van der Waals surface area contributed by atoms with E-state index in [1.165, 1.54) is 0 Å². The van der Waals surface area contributed by atoms with Crippen molar-refractivity contribution < 1.29 is 9.15 Å². The van der Waals surface area contributed by atoms with E-state index in [0.717, 1.165) is 38.6 Å². The third-order valence-corrected chi connectivity index (χ3v) is 4.80. The molecule has 30 heavy (non-hydrogen) atoms. The van der Waals surface area contributed by atoms with Crippen molar-refractivity contribution in [1.82, 2.24) is 26.4 Å². The minimum atomic E-state index is 0.142. The molecule has 0 aliphatic carbocycles. The third kappa shape index (κ3) is 7.12. The molecule has 0 spiro atoms. The molecule has 0 aromatic carbocycles. The summed E-state index contributed by atoms with van der Waals surface area (Å²) in [6.07, 6.45) is 0. The quantitative estimate of drug-likeness (QED) is 0.251. The van der Waals surface area contributed by atoms with Gasteiger partial charge in [-0.25, -0.2) is 0 Å². The van der Waals surface area contributed by atoms with Gasteiger partial charge in [-0.1, -0.05) is 6.58 Å². The van der Waals surface area contributed by atoms with E-state index in [0.29, 0.717) is 34.7 Å². The average molecular weight is 436 g/mol. The summed E-state index contributed by atoms with van der Waals surface area (Å²) in [5, 5.41) is 15.3. The van der Waals surface area contributed by atoms with Gasteiger partial charge < -0.3 is 19.8 Å². The molecule has 1 unspecified atom stereocenters. The van der Waals surface area contributed by atoms with Crippen molar-refractivity contribution in [3.05, 3.63) is 36.1 Å². The summed E-state index contributed by atoms with van der Waals surface area (Å²) in [6.45, 7) is 16.5. The molecule has 4 N–H and O–H groups in total. The Hall–Kier alpha value is -2.43. The molecule has 0 saturated carbocycles. The Morgan fingerprint density at radius 1 is 1.17 bits per heavy atom. The number of furan rings is 1. The minimum Gasteiger partial charge on any atom is -0.458 e. The van der Waals surface area contributed by atoms with Crippen LogP contribution in [0.25, 0.3) is 0 Å². The zero-order valence-electron chi connectivity index (χ0n) is 18.2. The van der Waals surface area contributed by atoms with Crippen LogP contribution in [0.2, 0.25) is 0 Å². The Morgan fingerprint density at radius 2 is 1.87 bits per heavy atom. The summed E-state index contributed by atoms with van der Waals surface area (Å²) < 4.78 is 11.6. The van der Waals surface area contributed by atoms with Crippen LogP contribution >= 0.6 is 12.2 Å². The Morgan fingerprint density at radius 3 is 2.53 bits per heavy atom. The second kappa shape index (κ2) is 12.3. The van der Waals surface area contributed by atoms with Crippen LogP contribution in [0.1, 0.15) is 45.3 Å². The third-order valence-electron chi connectivity index (χ3n) is 4.56. The van der Waals surface area contributed by atoms with Gasteiger partial charge in [-0.15, -0.1) is 0 Å². The largest absolute Gasteiger partial charge is 0.458 e. The second-order valence-electron chi connectivity index (χ2n) is 6.78. The normalized spacial score (nSPS) is 16.7. The Kier molecular flexibility index (Phi) is 9.78. The zero-order valence-corrected chi connectivity index (χ0v) is 19.1. The number of ether oxygens (including phenoxy) is 1. The molecule has 2 rings (SSSR count). The predicted molar refractivity (Wildman–Crippen MR) is 125 cm³/mol. The second-order valence-corrected chi connectivity index (χ2v) is 7.18. The van der Waals surface area contributed by atoms with Crippen molar-refractivity contribution in [2.45, 2.75) is 33.7 Å². The maximum absolute atomic E-state index is 6.16. The maximum Gasteiger partial charge on any atom is 0.186 e. The number of rotatable bonds is 10. The highest BCUT2D eigenvalue weighted by Crippen LogP contribution is 2.23. The van der Waals surface area contributed by atoms with Crippen LogP contribution < -0.4 is 21.5 Å². The molecule has 1 atom stereocenters. The molecule has 0 amide bonds. The van der Waals surface area contributed by atoms with Gasteiger partial charge in [0.2, 0.25) is 0 Å². The van der Waals surface area contributed by atoms with Gasteiger partial charge in [0.05, 0.1) is 25.0 Å². The molecule has 9 nitrogen and oxygen atoms in total. The zero-order chi connectivity index (χ0) is 21.9. The first-order chi connectivity index (χ1) is 14.5. The van der Waals surface area contributed by atoms with E-state index in [-0.39, 0.29) is 6.04 Å². The van der Waals surface area contributed by atoms with Gasteiger partial charge in [0.1, 0.15) is 17.3 Å². The molecule has 1 fully saturated rings. The summed E-state index contributed by atoms with van der Waals surface area (Å²) in [5.41, 5.74) is 6.92. The molecule has 0 bridgehead atoms. The summed E-state index contributed by atoms with van der Waals surface area (Å²) in [4.78, 5) is 2.34. The molecule has 1 aliphatic heterocycles. The Labute approximate surface area is 184 Å². The molecule has 10 heteroatoms. The smallest absolute Gasteiger partial charge is 0.186 e. The number of hydrogen-bond donors (Lipinski definition) is 4. The van der Waals surface area contributed by atoms with E-state index in [9.17, 15) is 0 Å². The van der Waals surface area contributed by atoms with E-state index >= 15 is 0 Å². The van der Waals surface area contributed by atoms with Gasteiger partial charge in [0.25, 0.3) is 0 Å². The minimum absolute atomic E-state index is 0.142. The summed E-state index contributed by atoms with van der Waals surface area (Å²) in [6, 6.07) is 4.02. The summed E-state index contributed by atoms with van der Waals surface area (Å²) in [5.74, 6) is 2.08. The highest BCUT2D eigenvalue weighted by Gasteiger charge is 2.22. The monoisotopic (exact) mass is 435 g/mol. The summed E-state index contributed by atoms with van der Waals surface area (Å²) in [7, 11) is 0. The van der Waals surface area contributed by atoms with Gasteiger partial charge in [0.15, 0.2) is 10.9 Å². The predicted octanol–water partition coefficient (Wildman–Crippen LogP) is 1.91. The molecule has 1 aliphatic rings. The highest BCUT2D eigenvalue weighted by atomic mass is 32.1. The number of morpholine rings is 1. The first-order valence-corrected chi connectivity index (χ1v) is 10.6. The lowest BCUT2D eigenvalue weighted by Gasteiger charge is -2.31. The molecule has 1 aromatic heterocycles. The van der Waals surface area contributed by atoms with Gasteiger partial charge >= 0.3 is 0 Å². The topological polar surface area (TPSA) is 98.5 Å². The molecule has 0 radical (unpaired) electrons. The maximum atomic E-state index is 6.16. The van der Waals surface area contributed by atoms with E-state index in [1.807, 2.05) is 32.9 Å². The number of hydrogen-bond acceptors (Lipinski definition) is 8. The number of nitrogens with one attached hydrogen (secondary N) is 4. The van der Waals surface area contributed by atoms with Crippen molar-refractivity contribution in [3.8, 4) is 0 Å². The Bertz CT molecular complexity index is 769. The summed E-state index contributed by atoms with van der Waals surface area (Å²) >= 11 is 5.22. The lowest BCUT2D eigenvalue weighted by molar-refractivity contribution is 0.0157. The molecular weight excluding hydrogens is 402 g/mol. The first-order valence-electron chi connectivity index (χ1n) is 10.2. The van der Waals surface area contributed by atoms with Crippen molar-refractivity contribution >= 4 is 28.8 Å². The van der Waals surface area contributed by atoms with Crippen molar-refractivity contribution in [1.29, 1.82) is 0 Å². The van der Waals surface area contributed by atoms with Crippen LogP contribution in [0.5, 0.6) is 0 Å². The fraction of sp³-hybridized carbons (Fsp3) is 0.550. The van der Waals surface area contributed by atoms with Gasteiger partial charge in [-0.3, -0.25) is 15.8 Å². The van der Waals surface area contributed by atoms with Crippen molar-refractivity contribution in [2.75, 3.05) is 39.4 Å². The van der Waals surface area contributed by atoms with Crippen LogP contribution in [0.4, 0.5) is 0 Å². The lowest BCUT2D eigenvalue weighted by Crippen LogP contribution is -2.37. The van der Waals surface area contributed by atoms with E-state index < -0.39 is 0 Å². The Balaban J connectivity index is 2.22. The number of hydrazone groups is 2. The van der Waals surface area contributed by atoms with Crippen LogP contribution in [0.15, 0.2) is 39.2 Å². The molecular formula is C20H33N7O2S. The van der Waals surface area contributed by atoms with Crippen LogP contribution in [0, 0.1) is 0 Å². The standard InChI is InChI=1S/C20H33N7O2S/c1-6-21-16(5)24-23-14(3)19(25-26-20(30)22-7-2)18-9-8-17(29-18)15(4)27-10-12-28-13-11-27/h8-9,15,21,24H,5-7,10-13H2,1-4H3,(H2,22,26,30)/b23-14+,25-19-. The van der Waals surface area contributed by atoms with E-state index in [1.54, 1.807) is 0 Å². The van der Waals surface area contributed by atoms with Gasteiger partial charge in [-0.05, 0) is 52.0 Å². The van der Waals surface area contributed by atoms with Crippen LogP contribution in [0.3, 0.4) is 0 Å². The van der Waals surface area contributed by atoms with Gasteiger partial charge in [-0.2, -0.15) is 10.2 Å². The van der Waals surface area contributed by atoms with Crippen LogP contribution in [-0.4, -0.2) is 60.8 Å². The fourth-order valence-corrected chi connectivity index (χ4v) is 3.12. The van der Waals surface area contributed by atoms with E-state index in [4.69, 9.17) is 21.4 Å². The molecule has 2 heterocycles. The molecule has 1 aromatic rings. The average Bonchev–Trinajstić information content (AvgIpc) is 3.22.